The number of aromatic nitrogens is 1. The highest BCUT2D eigenvalue weighted by Gasteiger charge is 2.27. The monoisotopic (exact) mass is 393 g/mol. The molecule has 2 heterocycles. The van der Waals surface area contributed by atoms with Crippen LogP contribution < -0.4 is 10.9 Å². The Morgan fingerprint density at radius 3 is 2.79 bits per heavy atom. The molecule has 1 aliphatic carbocycles. The van der Waals surface area contributed by atoms with Gasteiger partial charge in [-0.3, -0.25) is 14.4 Å². The molecule has 2 aliphatic rings. The van der Waals surface area contributed by atoms with Crippen LogP contribution in [0.4, 0.5) is 0 Å². The number of hydrogen-bond acceptors (Lipinski definition) is 5. The topological polar surface area (TPSA) is 105 Å². The van der Waals surface area contributed by atoms with E-state index in [9.17, 15) is 14.4 Å². The van der Waals surface area contributed by atoms with Gasteiger partial charge >= 0.3 is 0 Å². The first-order valence-corrected chi connectivity index (χ1v) is 10.4. The van der Waals surface area contributed by atoms with Crippen LogP contribution in [0.2, 0.25) is 0 Å². The van der Waals surface area contributed by atoms with Gasteiger partial charge in [-0.2, -0.15) is 5.16 Å². The molecule has 1 saturated carbocycles. The molecule has 28 heavy (non-hydrogen) atoms. The summed E-state index contributed by atoms with van der Waals surface area (Å²) >= 11 is 0. The summed E-state index contributed by atoms with van der Waals surface area (Å²) in [5, 5.41) is 5.22. The summed E-state index contributed by atoms with van der Waals surface area (Å²) in [5.74, 6) is 1.32. The number of morpholine rings is 1. The molecule has 0 radical (unpaired) electrons. The Balaban J connectivity index is 1.37. The van der Waals surface area contributed by atoms with Crippen molar-refractivity contribution < 1.29 is 18.8 Å². The van der Waals surface area contributed by atoms with Gasteiger partial charge in [0.25, 0.3) is 5.56 Å². The van der Waals surface area contributed by atoms with E-state index in [1.807, 2.05) is 4.90 Å². The van der Waals surface area contributed by atoms with Gasteiger partial charge < -0.3 is 19.5 Å². The minimum Gasteiger partial charge on any atom is -0.384 e. The van der Waals surface area contributed by atoms with Crippen LogP contribution in [0.25, 0.3) is 0 Å². The van der Waals surface area contributed by atoms with Crippen LogP contribution in [-0.4, -0.2) is 54.2 Å². The number of H-pyrrole nitrogens is 1. The van der Waals surface area contributed by atoms with Crippen molar-refractivity contribution in [3.63, 3.8) is 0 Å². The number of aryl methyl sites for hydroxylation is 1. The normalized spacial score (nSPS) is 20.4. The van der Waals surface area contributed by atoms with Crippen LogP contribution in [0.15, 0.2) is 15.4 Å². The molecule has 1 saturated heterocycles. The molecule has 156 valence electrons. The molecular formula is C20H31N3O5. The number of rotatable bonds is 9. The Bertz CT molecular complexity index is 692. The highest BCUT2D eigenvalue weighted by molar-refractivity contribution is 5.77. The van der Waals surface area contributed by atoms with E-state index in [-0.39, 0.29) is 29.8 Å². The predicted octanol–water partition coefficient (Wildman–Crippen LogP) is 1.60. The summed E-state index contributed by atoms with van der Waals surface area (Å²) in [7, 11) is 0. The Labute approximate surface area is 164 Å². The van der Waals surface area contributed by atoms with Crippen molar-refractivity contribution in [2.75, 3.05) is 26.3 Å². The Morgan fingerprint density at radius 2 is 2.04 bits per heavy atom. The average molecular weight is 393 g/mol. The van der Waals surface area contributed by atoms with Gasteiger partial charge in [-0.1, -0.05) is 25.7 Å². The standard InChI is InChI=1S/C20H31N3O5/c24-18(7-5-15-3-1-2-4-15)21-10-9-16-14-27-12-11-23(16)20(26)8-6-17-13-19(25)22-28-17/h13,15-16H,1-12,14H2,(H,21,24)(H,22,25). The average Bonchev–Trinajstić information content (AvgIpc) is 3.36. The molecule has 0 bridgehead atoms. The van der Waals surface area contributed by atoms with E-state index in [1.165, 1.54) is 31.7 Å². The van der Waals surface area contributed by atoms with E-state index >= 15 is 0 Å². The Morgan fingerprint density at radius 1 is 1.21 bits per heavy atom. The maximum Gasteiger partial charge on any atom is 0.280 e. The third-order valence-electron chi connectivity index (χ3n) is 5.76. The van der Waals surface area contributed by atoms with E-state index in [0.29, 0.717) is 51.3 Å². The van der Waals surface area contributed by atoms with Gasteiger partial charge in [0.05, 0.1) is 19.3 Å². The number of aromatic amines is 1. The van der Waals surface area contributed by atoms with Crippen molar-refractivity contribution in [3.8, 4) is 0 Å². The zero-order chi connectivity index (χ0) is 19.8. The highest BCUT2D eigenvalue weighted by atomic mass is 16.5. The SMILES string of the molecule is O=C(CCC1CCCC1)NCCC1COCCN1C(=O)CCc1cc(=O)[nH]o1. The van der Waals surface area contributed by atoms with Gasteiger partial charge in [0.2, 0.25) is 11.8 Å². The Kier molecular flexibility index (Phi) is 7.71. The number of nitrogens with one attached hydrogen (secondary N) is 2. The van der Waals surface area contributed by atoms with Gasteiger partial charge in [-0.25, -0.2) is 0 Å². The maximum absolute atomic E-state index is 12.6. The van der Waals surface area contributed by atoms with Gasteiger partial charge in [0.15, 0.2) is 0 Å². The van der Waals surface area contributed by atoms with Gasteiger partial charge in [-0.15, -0.1) is 0 Å². The number of hydrogen-bond donors (Lipinski definition) is 2. The summed E-state index contributed by atoms with van der Waals surface area (Å²) in [5.41, 5.74) is -0.296. The molecule has 1 aromatic heterocycles. The molecule has 3 rings (SSSR count). The van der Waals surface area contributed by atoms with Crippen molar-refractivity contribution in [2.24, 2.45) is 5.92 Å². The summed E-state index contributed by atoms with van der Waals surface area (Å²) in [6.45, 7) is 2.11. The van der Waals surface area contributed by atoms with Crippen LogP contribution in [0.1, 0.15) is 57.1 Å². The zero-order valence-corrected chi connectivity index (χ0v) is 16.4. The fraction of sp³-hybridized carbons (Fsp3) is 0.750. The van der Waals surface area contributed by atoms with E-state index < -0.39 is 0 Å². The van der Waals surface area contributed by atoms with Gasteiger partial charge in [0, 0.05) is 38.4 Å². The highest BCUT2D eigenvalue weighted by Crippen LogP contribution is 2.28. The second kappa shape index (κ2) is 10.5. The second-order valence-corrected chi connectivity index (χ2v) is 7.82. The van der Waals surface area contributed by atoms with Crippen LogP contribution >= 0.6 is 0 Å². The molecule has 1 unspecified atom stereocenters. The molecule has 2 fully saturated rings. The van der Waals surface area contributed by atoms with Crippen LogP contribution in [-0.2, 0) is 20.7 Å². The van der Waals surface area contributed by atoms with Crippen molar-refractivity contribution in [1.82, 2.24) is 15.4 Å². The maximum atomic E-state index is 12.6. The fourth-order valence-electron chi connectivity index (χ4n) is 4.14. The number of carbonyl (C=O) groups excluding carboxylic acids is 2. The quantitative estimate of drug-likeness (QED) is 0.663. The first-order valence-electron chi connectivity index (χ1n) is 10.4. The molecule has 2 N–H and O–H groups in total. The van der Waals surface area contributed by atoms with E-state index in [4.69, 9.17) is 9.26 Å². The lowest BCUT2D eigenvalue weighted by atomic mass is 10.0. The minimum absolute atomic E-state index is 0.0182. The van der Waals surface area contributed by atoms with Crippen LogP contribution in [0.5, 0.6) is 0 Å². The van der Waals surface area contributed by atoms with Crippen LogP contribution in [0, 0.1) is 5.92 Å². The number of carbonyl (C=O) groups is 2. The van der Waals surface area contributed by atoms with Crippen LogP contribution in [0.3, 0.4) is 0 Å². The molecule has 8 heteroatoms. The number of amides is 2. The molecule has 0 aromatic carbocycles. The van der Waals surface area contributed by atoms with Gasteiger partial charge in [-0.05, 0) is 18.8 Å². The Hall–Kier alpha value is -2.09. The lowest BCUT2D eigenvalue weighted by molar-refractivity contribution is -0.140. The third-order valence-corrected chi connectivity index (χ3v) is 5.76. The predicted molar refractivity (Wildman–Crippen MR) is 103 cm³/mol. The van der Waals surface area contributed by atoms with E-state index in [0.717, 1.165) is 12.3 Å². The van der Waals surface area contributed by atoms with Crippen molar-refractivity contribution in [3.05, 3.63) is 22.2 Å². The number of ether oxygens (including phenoxy) is 1. The molecule has 1 atom stereocenters. The smallest absolute Gasteiger partial charge is 0.280 e. The summed E-state index contributed by atoms with van der Waals surface area (Å²) in [6, 6.07) is 1.33. The summed E-state index contributed by atoms with van der Waals surface area (Å²) in [6.07, 6.45) is 8.05. The van der Waals surface area contributed by atoms with E-state index in [1.54, 1.807) is 0 Å². The van der Waals surface area contributed by atoms with E-state index in [2.05, 4.69) is 10.5 Å². The van der Waals surface area contributed by atoms with Crippen molar-refractivity contribution in [1.29, 1.82) is 0 Å². The minimum atomic E-state index is -0.296. The molecule has 1 aromatic rings. The first kappa shape index (κ1) is 20.6. The molecule has 1 aliphatic heterocycles. The number of nitrogens with zero attached hydrogens (tertiary/aromatic N) is 1. The molecule has 0 spiro atoms. The summed E-state index contributed by atoms with van der Waals surface area (Å²) < 4.78 is 10.5. The molecule has 2 amide bonds. The second-order valence-electron chi connectivity index (χ2n) is 7.82. The first-order chi connectivity index (χ1) is 13.6. The van der Waals surface area contributed by atoms with Crippen molar-refractivity contribution in [2.45, 2.75) is 63.8 Å². The largest absolute Gasteiger partial charge is 0.384 e. The van der Waals surface area contributed by atoms with Crippen molar-refractivity contribution >= 4 is 11.8 Å². The summed E-state index contributed by atoms with van der Waals surface area (Å²) in [4.78, 5) is 37.6. The lowest BCUT2D eigenvalue weighted by Gasteiger charge is -2.35. The molecular weight excluding hydrogens is 362 g/mol. The zero-order valence-electron chi connectivity index (χ0n) is 16.4. The van der Waals surface area contributed by atoms with Gasteiger partial charge in [0.1, 0.15) is 5.76 Å². The lowest BCUT2D eigenvalue weighted by Crippen LogP contribution is -2.49. The fourth-order valence-corrected chi connectivity index (χ4v) is 4.14. The third kappa shape index (κ3) is 6.22. The molecule has 8 nitrogen and oxygen atoms in total.